The number of rotatable bonds is 8. The molecule has 3 rings (SSSR count). The smallest absolute Gasteiger partial charge is 0.233 e. The number of imidazole rings is 1. The highest BCUT2D eigenvalue weighted by Gasteiger charge is 2.19. The maximum atomic E-state index is 12.5. The lowest BCUT2D eigenvalue weighted by atomic mass is 10.2. The number of ether oxygens (including phenoxy) is 1. The van der Waals surface area contributed by atoms with Gasteiger partial charge in [-0.3, -0.25) is 4.79 Å². The maximum absolute atomic E-state index is 12.5. The van der Waals surface area contributed by atoms with Crippen LogP contribution < -0.4 is 5.32 Å². The summed E-state index contributed by atoms with van der Waals surface area (Å²) in [6.07, 6.45) is 0. The highest BCUT2D eigenvalue weighted by Crippen LogP contribution is 2.29. The SMILES string of the molecule is COCCn1c(SC(C)C(=O)NCc2ccccc2)nc2cc(Cl)ccc21. The summed E-state index contributed by atoms with van der Waals surface area (Å²) in [6.45, 7) is 3.63. The number of fused-ring (bicyclic) bond motifs is 1. The molecule has 5 nitrogen and oxygen atoms in total. The maximum Gasteiger partial charge on any atom is 0.233 e. The number of halogens is 1. The fourth-order valence-corrected chi connectivity index (χ4v) is 3.85. The lowest BCUT2D eigenvalue weighted by Gasteiger charge is -2.13. The number of methoxy groups -OCH3 is 1. The van der Waals surface area contributed by atoms with Gasteiger partial charge in [0, 0.05) is 25.2 Å². The number of thioether (sulfide) groups is 1. The molecule has 0 spiro atoms. The van der Waals surface area contributed by atoms with E-state index in [4.69, 9.17) is 16.3 Å². The second-order valence-corrected chi connectivity index (χ2v) is 7.88. The number of amides is 1. The molecule has 2 aromatic carbocycles. The highest BCUT2D eigenvalue weighted by molar-refractivity contribution is 8.00. The van der Waals surface area contributed by atoms with Gasteiger partial charge < -0.3 is 14.6 Å². The first kappa shape index (κ1) is 19.7. The van der Waals surface area contributed by atoms with E-state index in [-0.39, 0.29) is 11.2 Å². The number of benzene rings is 2. The van der Waals surface area contributed by atoms with Crippen molar-refractivity contribution in [3.05, 3.63) is 59.1 Å². The monoisotopic (exact) mass is 403 g/mol. The summed E-state index contributed by atoms with van der Waals surface area (Å²) in [7, 11) is 1.67. The zero-order chi connectivity index (χ0) is 19.2. The number of nitrogens with one attached hydrogen (secondary N) is 1. The molecule has 0 bridgehead atoms. The third kappa shape index (κ3) is 5.03. The van der Waals surface area contributed by atoms with Crippen LogP contribution in [0.5, 0.6) is 0 Å². The third-order valence-electron chi connectivity index (χ3n) is 4.16. The Hall–Kier alpha value is -2.02. The summed E-state index contributed by atoms with van der Waals surface area (Å²) in [5.41, 5.74) is 2.87. The molecule has 1 unspecified atom stereocenters. The van der Waals surface area contributed by atoms with E-state index >= 15 is 0 Å². The molecule has 1 aromatic heterocycles. The van der Waals surface area contributed by atoms with E-state index in [0.29, 0.717) is 24.7 Å². The van der Waals surface area contributed by atoms with Gasteiger partial charge >= 0.3 is 0 Å². The predicted octanol–water partition coefficient (Wildman–Crippen LogP) is 4.13. The first-order chi connectivity index (χ1) is 13.1. The average molecular weight is 404 g/mol. The topological polar surface area (TPSA) is 56.1 Å². The standard InChI is InChI=1S/C20H22ClN3O2S/c1-14(19(25)22-13-15-6-4-3-5-7-15)27-20-23-17-12-16(21)8-9-18(17)24(20)10-11-26-2/h3-9,12,14H,10-11,13H2,1-2H3,(H,22,25). The van der Waals surface area contributed by atoms with Gasteiger partial charge in [0.1, 0.15) is 0 Å². The molecule has 3 aromatic rings. The second-order valence-electron chi connectivity index (χ2n) is 6.14. The van der Waals surface area contributed by atoms with Crippen LogP contribution in [0, 0.1) is 0 Å². The van der Waals surface area contributed by atoms with Crippen LogP contribution in [0.4, 0.5) is 0 Å². The van der Waals surface area contributed by atoms with Crippen LogP contribution in [0.25, 0.3) is 11.0 Å². The lowest BCUT2D eigenvalue weighted by Crippen LogP contribution is -2.30. The van der Waals surface area contributed by atoms with Crippen LogP contribution in [-0.4, -0.2) is 34.4 Å². The van der Waals surface area contributed by atoms with Gasteiger partial charge in [0.15, 0.2) is 5.16 Å². The van der Waals surface area contributed by atoms with Crippen LogP contribution in [0.2, 0.25) is 5.02 Å². The van der Waals surface area contributed by atoms with Crippen molar-refractivity contribution in [1.29, 1.82) is 0 Å². The van der Waals surface area contributed by atoms with Crippen molar-refractivity contribution < 1.29 is 9.53 Å². The van der Waals surface area contributed by atoms with E-state index in [9.17, 15) is 4.79 Å². The number of carbonyl (C=O) groups is 1. The Kier molecular flexibility index (Phi) is 6.77. The first-order valence-electron chi connectivity index (χ1n) is 8.71. The van der Waals surface area contributed by atoms with Gasteiger partial charge in [0.05, 0.1) is 22.9 Å². The van der Waals surface area contributed by atoms with Gasteiger partial charge in [-0.25, -0.2) is 4.98 Å². The molecule has 1 amide bonds. The number of carbonyl (C=O) groups excluding carboxylic acids is 1. The van der Waals surface area contributed by atoms with Gasteiger partial charge in [-0.2, -0.15) is 0 Å². The Bertz CT molecular complexity index is 914. The summed E-state index contributed by atoms with van der Waals surface area (Å²) < 4.78 is 7.29. The van der Waals surface area contributed by atoms with Crippen molar-refractivity contribution in [3.63, 3.8) is 0 Å². The van der Waals surface area contributed by atoms with E-state index in [0.717, 1.165) is 21.8 Å². The summed E-state index contributed by atoms with van der Waals surface area (Å²) in [4.78, 5) is 17.2. The summed E-state index contributed by atoms with van der Waals surface area (Å²) in [5, 5.41) is 4.13. The lowest BCUT2D eigenvalue weighted by molar-refractivity contribution is -0.120. The van der Waals surface area contributed by atoms with E-state index in [1.54, 1.807) is 7.11 Å². The van der Waals surface area contributed by atoms with E-state index < -0.39 is 0 Å². The van der Waals surface area contributed by atoms with Crippen molar-refractivity contribution in [3.8, 4) is 0 Å². The number of hydrogen-bond donors (Lipinski definition) is 1. The molecule has 0 aliphatic heterocycles. The van der Waals surface area contributed by atoms with Crippen molar-refractivity contribution in [2.24, 2.45) is 0 Å². The molecule has 0 saturated heterocycles. The van der Waals surface area contributed by atoms with Gasteiger partial charge in [-0.1, -0.05) is 53.7 Å². The van der Waals surface area contributed by atoms with Crippen LogP contribution >= 0.6 is 23.4 Å². The molecule has 7 heteroatoms. The van der Waals surface area contributed by atoms with E-state index in [1.807, 2.05) is 55.5 Å². The molecule has 0 saturated carbocycles. The molecule has 1 heterocycles. The molecule has 0 aliphatic carbocycles. The highest BCUT2D eigenvalue weighted by atomic mass is 35.5. The van der Waals surface area contributed by atoms with Gasteiger partial charge in [0.25, 0.3) is 0 Å². The largest absolute Gasteiger partial charge is 0.383 e. The average Bonchev–Trinajstić information content (AvgIpc) is 3.01. The number of hydrogen-bond acceptors (Lipinski definition) is 4. The minimum Gasteiger partial charge on any atom is -0.383 e. The Morgan fingerprint density at radius 2 is 2.07 bits per heavy atom. The zero-order valence-corrected chi connectivity index (χ0v) is 16.9. The fraction of sp³-hybridized carbons (Fsp3) is 0.300. The molecule has 27 heavy (non-hydrogen) atoms. The van der Waals surface area contributed by atoms with Crippen molar-refractivity contribution >= 4 is 40.3 Å². The quantitative estimate of drug-likeness (QED) is 0.574. The Morgan fingerprint density at radius 1 is 1.30 bits per heavy atom. The molecule has 0 radical (unpaired) electrons. The molecular weight excluding hydrogens is 382 g/mol. The number of nitrogens with zero attached hydrogens (tertiary/aromatic N) is 2. The van der Waals surface area contributed by atoms with Crippen LogP contribution in [-0.2, 0) is 22.6 Å². The first-order valence-corrected chi connectivity index (χ1v) is 9.97. The molecule has 0 fully saturated rings. The Morgan fingerprint density at radius 3 is 2.81 bits per heavy atom. The van der Waals surface area contributed by atoms with Crippen LogP contribution in [0.1, 0.15) is 12.5 Å². The van der Waals surface area contributed by atoms with Crippen molar-refractivity contribution in [1.82, 2.24) is 14.9 Å². The second kappa shape index (κ2) is 9.26. The van der Waals surface area contributed by atoms with Crippen molar-refractivity contribution in [2.75, 3.05) is 13.7 Å². The Balaban J connectivity index is 1.73. The summed E-state index contributed by atoms with van der Waals surface area (Å²) in [5.74, 6) is -0.0211. The molecule has 1 N–H and O–H groups in total. The predicted molar refractivity (Wildman–Crippen MR) is 110 cm³/mol. The summed E-state index contributed by atoms with van der Waals surface area (Å²) >= 11 is 7.53. The molecule has 1 atom stereocenters. The molecular formula is C20H22ClN3O2S. The van der Waals surface area contributed by atoms with Crippen LogP contribution in [0.15, 0.2) is 53.7 Å². The van der Waals surface area contributed by atoms with E-state index in [1.165, 1.54) is 11.8 Å². The van der Waals surface area contributed by atoms with Gasteiger partial charge in [0.2, 0.25) is 5.91 Å². The normalized spacial score (nSPS) is 12.3. The molecule has 0 aliphatic rings. The Labute approximate surface area is 168 Å². The van der Waals surface area contributed by atoms with Crippen LogP contribution in [0.3, 0.4) is 0 Å². The minimum atomic E-state index is -0.276. The minimum absolute atomic E-state index is 0.0211. The van der Waals surface area contributed by atoms with Crippen molar-refractivity contribution in [2.45, 2.75) is 30.4 Å². The number of aromatic nitrogens is 2. The van der Waals surface area contributed by atoms with Gasteiger partial charge in [-0.05, 0) is 30.7 Å². The van der Waals surface area contributed by atoms with Gasteiger partial charge in [-0.15, -0.1) is 0 Å². The molecule has 142 valence electrons. The summed E-state index contributed by atoms with van der Waals surface area (Å²) in [6, 6.07) is 15.5. The fourth-order valence-electron chi connectivity index (χ4n) is 2.71. The van der Waals surface area contributed by atoms with E-state index in [2.05, 4.69) is 14.9 Å². The third-order valence-corrected chi connectivity index (χ3v) is 5.48. The zero-order valence-electron chi connectivity index (χ0n) is 15.3.